The number of aliphatic imine (C=N–C) groups is 1. The Morgan fingerprint density at radius 2 is 1.71 bits per heavy atom. The van der Waals surface area contributed by atoms with Crippen LogP contribution >= 0.6 is 0 Å². The van der Waals surface area contributed by atoms with Crippen molar-refractivity contribution in [2.45, 2.75) is 24.8 Å². The zero-order valence-electron chi connectivity index (χ0n) is 13.9. The van der Waals surface area contributed by atoms with Crippen LogP contribution in [-0.4, -0.2) is 31.0 Å². The molecule has 1 spiro atoms. The number of hydrogen-bond acceptors (Lipinski definition) is 4. The SMILES string of the molecule is c1ccc(CCNC2=Nc3ccccc3NC23CCNCC3)cc1. The fourth-order valence-electron chi connectivity index (χ4n) is 3.62. The minimum absolute atomic E-state index is 0.0592. The first-order chi connectivity index (χ1) is 11.9. The normalized spacial score (nSPS) is 18.4. The molecule has 1 saturated heterocycles. The van der Waals surface area contributed by atoms with Crippen LogP contribution in [0.25, 0.3) is 0 Å². The molecule has 0 amide bonds. The fourth-order valence-corrected chi connectivity index (χ4v) is 3.62. The molecule has 1 fully saturated rings. The van der Waals surface area contributed by atoms with E-state index in [1.807, 2.05) is 6.07 Å². The maximum absolute atomic E-state index is 4.97. The third kappa shape index (κ3) is 3.02. The van der Waals surface area contributed by atoms with Crippen molar-refractivity contribution in [2.24, 2.45) is 4.99 Å². The number of piperidine rings is 1. The number of benzene rings is 2. The van der Waals surface area contributed by atoms with Crippen LogP contribution in [0, 0.1) is 0 Å². The van der Waals surface area contributed by atoms with E-state index < -0.39 is 0 Å². The monoisotopic (exact) mass is 320 g/mol. The van der Waals surface area contributed by atoms with Gasteiger partial charge in [0, 0.05) is 6.54 Å². The van der Waals surface area contributed by atoms with E-state index in [1.54, 1.807) is 0 Å². The highest BCUT2D eigenvalue weighted by molar-refractivity contribution is 6.00. The molecule has 4 nitrogen and oxygen atoms in total. The molecule has 0 radical (unpaired) electrons. The van der Waals surface area contributed by atoms with Gasteiger partial charge in [-0.1, -0.05) is 42.5 Å². The molecule has 0 aliphatic carbocycles. The number of hydrogen-bond donors (Lipinski definition) is 3. The lowest BCUT2D eigenvalue weighted by molar-refractivity contribution is 0.412. The van der Waals surface area contributed by atoms with Gasteiger partial charge in [0.25, 0.3) is 0 Å². The van der Waals surface area contributed by atoms with E-state index >= 15 is 0 Å². The highest BCUT2D eigenvalue weighted by atomic mass is 15.2. The molecule has 4 heteroatoms. The van der Waals surface area contributed by atoms with E-state index in [2.05, 4.69) is 64.5 Å². The lowest BCUT2D eigenvalue weighted by atomic mass is 9.85. The van der Waals surface area contributed by atoms with Gasteiger partial charge >= 0.3 is 0 Å². The van der Waals surface area contributed by atoms with Crippen molar-refractivity contribution in [3.05, 3.63) is 60.2 Å². The standard InChI is InChI=1S/C20H24N4/c1-2-6-16(7-3-1)10-13-22-19-20(11-14-21-15-12-20)24-18-9-5-4-8-17(18)23-19/h1-9,21,24H,10-15H2,(H,22,23). The minimum atomic E-state index is -0.0592. The number of amidine groups is 1. The molecule has 0 unspecified atom stereocenters. The Balaban J connectivity index is 1.54. The minimum Gasteiger partial charge on any atom is -0.371 e. The van der Waals surface area contributed by atoms with Gasteiger partial charge in [0.1, 0.15) is 5.84 Å². The van der Waals surface area contributed by atoms with E-state index in [1.165, 1.54) is 5.56 Å². The summed E-state index contributed by atoms with van der Waals surface area (Å²) in [6.07, 6.45) is 3.12. The van der Waals surface area contributed by atoms with Gasteiger partial charge in [0.05, 0.1) is 16.9 Å². The van der Waals surface area contributed by atoms with E-state index in [0.29, 0.717) is 0 Å². The highest BCUT2D eigenvalue weighted by Crippen LogP contribution is 2.36. The van der Waals surface area contributed by atoms with Gasteiger partial charge in [-0.2, -0.15) is 0 Å². The van der Waals surface area contributed by atoms with Gasteiger partial charge in [0.15, 0.2) is 0 Å². The average Bonchev–Trinajstić information content (AvgIpc) is 2.64. The molecule has 0 atom stereocenters. The predicted molar refractivity (Wildman–Crippen MR) is 100 cm³/mol. The Morgan fingerprint density at radius 3 is 2.54 bits per heavy atom. The van der Waals surface area contributed by atoms with Gasteiger partial charge < -0.3 is 16.0 Å². The summed E-state index contributed by atoms with van der Waals surface area (Å²) in [5.41, 5.74) is 3.47. The van der Waals surface area contributed by atoms with Crippen molar-refractivity contribution >= 4 is 17.2 Å². The molecule has 0 saturated carbocycles. The largest absolute Gasteiger partial charge is 0.371 e. The predicted octanol–water partition coefficient (Wildman–Crippen LogP) is 3.10. The number of nitrogens with one attached hydrogen (secondary N) is 3. The zero-order valence-corrected chi connectivity index (χ0v) is 13.9. The molecule has 2 heterocycles. The number of fused-ring (bicyclic) bond motifs is 1. The van der Waals surface area contributed by atoms with Crippen LogP contribution in [-0.2, 0) is 6.42 Å². The summed E-state index contributed by atoms with van der Waals surface area (Å²) < 4.78 is 0. The van der Waals surface area contributed by atoms with E-state index in [4.69, 9.17) is 4.99 Å². The molecular weight excluding hydrogens is 296 g/mol. The van der Waals surface area contributed by atoms with Crippen LogP contribution in [0.15, 0.2) is 59.6 Å². The maximum atomic E-state index is 4.97. The average molecular weight is 320 g/mol. The Kier molecular flexibility index (Phi) is 4.22. The molecule has 2 aromatic rings. The summed E-state index contributed by atoms with van der Waals surface area (Å²) >= 11 is 0. The number of anilines is 1. The van der Waals surface area contributed by atoms with Gasteiger partial charge in [-0.3, -0.25) is 0 Å². The number of rotatable bonds is 3. The first-order valence-corrected chi connectivity index (χ1v) is 8.81. The second-order valence-electron chi connectivity index (χ2n) is 6.60. The molecular formula is C20H24N4. The topological polar surface area (TPSA) is 48.5 Å². The lowest BCUT2D eigenvalue weighted by Crippen LogP contribution is -2.59. The smallest absolute Gasteiger partial charge is 0.128 e. The van der Waals surface area contributed by atoms with Gasteiger partial charge in [0.2, 0.25) is 0 Å². The van der Waals surface area contributed by atoms with E-state index in [-0.39, 0.29) is 5.54 Å². The molecule has 4 rings (SSSR count). The molecule has 0 bridgehead atoms. The van der Waals surface area contributed by atoms with Crippen LogP contribution in [0.1, 0.15) is 18.4 Å². The summed E-state index contributed by atoms with van der Waals surface area (Å²) in [4.78, 5) is 4.97. The van der Waals surface area contributed by atoms with Gasteiger partial charge in [-0.15, -0.1) is 0 Å². The van der Waals surface area contributed by atoms with Crippen LogP contribution in [0.2, 0.25) is 0 Å². The van der Waals surface area contributed by atoms with Crippen molar-refractivity contribution in [1.29, 1.82) is 0 Å². The Bertz CT molecular complexity index is 717. The fraction of sp³-hybridized carbons (Fsp3) is 0.350. The first-order valence-electron chi connectivity index (χ1n) is 8.81. The molecule has 3 N–H and O–H groups in total. The van der Waals surface area contributed by atoms with Crippen LogP contribution in [0.3, 0.4) is 0 Å². The molecule has 124 valence electrons. The maximum Gasteiger partial charge on any atom is 0.128 e. The Morgan fingerprint density at radius 1 is 0.958 bits per heavy atom. The van der Waals surface area contributed by atoms with Gasteiger partial charge in [-0.05, 0) is 50.0 Å². The van der Waals surface area contributed by atoms with Crippen molar-refractivity contribution < 1.29 is 0 Å². The van der Waals surface area contributed by atoms with E-state index in [9.17, 15) is 0 Å². The number of para-hydroxylation sites is 2. The van der Waals surface area contributed by atoms with Crippen molar-refractivity contribution in [3.63, 3.8) is 0 Å². The molecule has 2 aliphatic rings. The molecule has 2 aliphatic heterocycles. The highest BCUT2D eigenvalue weighted by Gasteiger charge is 2.40. The van der Waals surface area contributed by atoms with Crippen molar-refractivity contribution in [1.82, 2.24) is 10.6 Å². The van der Waals surface area contributed by atoms with Crippen LogP contribution < -0.4 is 16.0 Å². The Labute approximate surface area is 143 Å². The third-order valence-corrected chi connectivity index (χ3v) is 4.97. The number of nitrogens with zero attached hydrogens (tertiary/aromatic N) is 1. The van der Waals surface area contributed by atoms with Gasteiger partial charge in [-0.25, -0.2) is 4.99 Å². The summed E-state index contributed by atoms with van der Waals surface area (Å²) in [5, 5.41) is 10.9. The van der Waals surface area contributed by atoms with Crippen LogP contribution in [0.5, 0.6) is 0 Å². The summed E-state index contributed by atoms with van der Waals surface area (Å²) in [5.74, 6) is 1.10. The zero-order chi connectivity index (χ0) is 16.2. The molecule has 24 heavy (non-hydrogen) atoms. The van der Waals surface area contributed by atoms with Crippen molar-refractivity contribution in [3.8, 4) is 0 Å². The quantitative estimate of drug-likeness (QED) is 0.814. The second kappa shape index (κ2) is 6.65. The third-order valence-electron chi connectivity index (χ3n) is 4.97. The summed E-state index contributed by atoms with van der Waals surface area (Å²) in [6.45, 7) is 2.95. The lowest BCUT2D eigenvalue weighted by Gasteiger charge is -2.43. The van der Waals surface area contributed by atoms with E-state index in [0.717, 1.165) is 56.1 Å². The Hall–Kier alpha value is -2.33. The van der Waals surface area contributed by atoms with Crippen LogP contribution in [0.4, 0.5) is 11.4 Å². The van der Waals surface area contributed by atoms with Crippen molar-refractivity contribution in [2.75, 3.05) is 25.0 Å². The molecule has 0 aromatic heterocycles. The summed E-state index contributed by atoms with van der Waals surface area (Å²) in [6, 6.07) is 18.9. The summed E-state index contributed by atoms with van der Waals surface area (Å²) in [7, 11) is 0. The second-order valence-corrected chi connectivity index (χ2v) is 6.60. The first kappa shape index (κ1) is 15.2. The molecule has 2 aromatic carbocycles.